The van der Waals surface area contributed by atoms with Gasteiger partial charge in [0.1, 0.15) is 12.1 Å². The number of aryl methyl sites for hydroxylation is 2. The van der Waals surface area contributed by atoms with E-state index < -0.39 is 167 Å². The van der Waals surface area contributed by atoms with Crippen molar-refractivity contribution in [3.63, 3.8) is 0 Å². The number of cyclic esters (lactones) is 2. The number of nitrogen functional groups attached to an aromatic ring is 2. The van der Waals surface area contributed by atoms with Crippen LogP contribution in [-0.2, 0) is 148 Å². The number of aromatic nitrogens is 8. The molecule has 3 amide bonds. The molecule has 5 heterocycles. The van der Waals surface area contributed by atoms with E-state index in [9.17, 15) is 86.9 Å². The summed E-state index contributed by atoms with van der Waals surface area (Å²) < 4.78 is 4.08. The molecule has 2 atom stereocenters. The number of ether oxygens (including phenoxy) is 1. The Balaban J connectivity index is -0.000000101. The zero-order valence-corrected chi connectivity index (χ0v) is 85.9. The maximum atomic E-state index is 12.6. The Morgan fingerprint density at radius 3 is 1.08 bits per heavy atom. The van der Waals surface area contributed by atoms with Crippen LogP contribution in [0, 0.1) is 0 Å². The van der Waals surface area contributed by atoms with Crippen LogP contribution in [0.5, 0.6) is 0 Å². The summed E-state index contributed by atoms with van der Waals surface area (Å²) in [5.74, 6) is -11.2. The molecule has 776 valence electrons. The number of hydrogen-bond acceptors (Lipinski definition) is 27. The number of aliphatic carboxylic acids is 9. The third-order valence-corrected chi connectivity index (χ3v) is 14.3. The number of carbonyl (C=O) groups excluding carboxylic acids is 5. The Morgan fingerprint density at radius 1 is 0.436 bits per heavy atom. The van der Waals surface area contributed by atoms with E-state index in [0.29, 0.717) is 92.5 Å². The molecular formula is C69H115Cl8N23O29Pt4. The predicted molar refractivity (Wildman–Crippen MR) is 490 cm³/mol. The number of benzene rings is 2. The van der Waals surface area contributed by atoms with Gasteiger partial charge in [-0.15, -0.1) is 0 Å². The van der Waals surface area contributed by atoms with Crippen molar-refractivity contribution in [1.29, 1.82) is 0 Å². The Morgan fingerprint density at radius 2 is 0.759 bits per heavy atom. The molecule has 0 spiro atoms. The number of nitrogens with one attached hydrogen (secondary N) is 6. The number of anilines is 3. The molecule has 0 bridgehead atoms. The molecule has 1 aliphatic rings. The molecule has 0 aliphatic carbocycles. The zero-order chi connectivity index (χ0) is 93.5. The summed E-state index contributed by atoms with van der Waals surface area (Å²) in [4.78, 5) is 202. The fourth-order valence-electron chi connectivity index (χ4n) is 8.59. The Labute approximate surface area is 828 Å². The van der Waals surface area contributed by atoms with Gasteiger partial charge < -0.3 is 155 Å². The summed E-state index contributed by atoms with van der Waals surface area (Å²) in [7, 11) is 39.0. The first-order valence-electron chi connectivity index (χ1n) is 35.3. The van der Waals surface area contributed by atoms with E-state index >= 15 is 0 Å². The number of nitrogens with two attached hydrogens (primary N) is 11. The van der Waals surface area contributed by atoms with Gasteiger partial charge in [-0.25, -0.2) is 29.5 Å². The SMILES string of the molecule is CCCCCC(=O)O.CCCCCC(=O)O.NCCCC[C@H](NC(=O)c1ccc(NCc2cnc3nc(N)[nH]c(=O)c3n2)cc1)C(=O)O.Nc1nc2ncc(CCc3ccc(C(=O)N[C@@H](CCCCNC(=O)CCC(=O)O)C(=O)O)cc3)nc2c(=O)[nH]1.O.O.O.O=C(O)CCC(=O)O.O=C(O)CCC(=O)O.O=C1CCC(=O)O1.[Cl][Pt+2][Cl].[Cl][Pt+2][Cl].[Cl][Pt+2][Cl].[Cl][Pt+2][Cl].[NH2-].[NH2-].[NH2-].[NH2-].[NH2-].[NH2-].[NH2-].[NH2-]. The van der Waals surface area contributed by atoms with Gasteiger partial charge in [-0.2, -0.15) is 9.97 Å². The predicted octanol–water partition coefficient (Wildman–Crippen LogP) is 12.4. The van der Waals surface area contributed by atoms with E-state index in [-0.39, 0.29) is 177 Å². The van der Waals surface area contributed by atoms with Crippen LogP contribution >= 0.6 is 75.3 Å². The summed E-state index contributed by atoms with van der Waals surface area (Å²) >= 11 is -1.89. The summed E-state index contributed by atoms with van der Waals surface area (Å²) in [5, 5.41) is 86.0. The molecule has 2 aromatic carbocycles. The average molecular weight is 2790 g/mol. The normalized spacial score (nSPS) is 10.1. The zero-order valence-electron chi connectivity index (χ0n) is 70.8. The molecule has 6 aromatic rings. The monoisotopic (exact) mass is 2790 g/mol. The topological polar surface area (TPSA) is 1060 Å². The van der Waals surface area contributed by atoms with Gasteiger partial charge in [0.2, 0.25) is 17.8 Å². The molecular weight excluding hydrogens is 2680 g/mol. The number of amides is 3. The van der Waals surface area contributed by atoms with Crippen molar-refractivity contribution in [1.82, 2.24) is 55.8 Å². The molecule has 4 aromatic heterocycles. The molecule has 133 heavy (non-hydrogen) atoms. The van der Waals surface area contributed by atoms with Gasteiger partial charge in [0.15, 0.2) is 22.3 Å². The van der Waals surface area contributed by atoms with Crippen LogP contribution in [-0.4, -0.2) is 211 Å². The standard InChI is InChI=1S/C25H29N7O7.C20H24N8O4.2C6H12O2.2C4H6O4.C4H4O3.8ClH.8H2N.3H2O.4Pt/c26-25-31-21-20(23(37)32-25)29-16(13-28-21)9-6-14-4-7-15(8-5-14)22(36)30-17(24(38)39)3-1-2-12-27-18(33)10-11-19(34)35;21-8-2-1-3-14(19(31)32)26-17(29)11-4-6-12(7-5-11)23-9-13-10-24-16-15(25-13)18(30)28-20(22)27-16;2*1-2-3-4-5-6(7)8;2*5-3(6)1-2-4(7)8;5-3-1-2-4(6)7-3;;;;;;;;;;;;;;;;;;;;;;;/h4-5,7-8,13,17H,1-3,6,9-12H2,(H,27,33)(H,30,36)(H,34,35)(H,38,39)(H3,26,28,31,32,37);4-7,10,14,23H,1-3,8-9,21H2,(H,26,29)(H,31,32)(H3,22,24,27,28,30);2*2-5H2,1H3,(H,7,8);2*1-2H2,(H,5,6)(H,7,8);1-2H2;8*1H;11*1H2;;;;/q;;;;;;;;;;;;;;;8*-1;;;;4*+4/p-8/t17-;14-;;;;;;;;;;;;;;;;;;;;;;;;;;;;/m00............................/s1. The molecule has 0 unspecified atom stereocenters. The average Bonchev–Trinajstić information content (AvgIpc) is 0.892. The minimum Gasteiger partial charge on any atom is -0.693 e. The number of carboxylic acid groups (broad SMARTS) is 9. The molecule has 64 heteroatoms. The van der Waals surface area contributed by atoms with E-state index in [1.54, 1.807) is 48.5 Å². The Hall–Kier alpha value is -8.35. The Kier molecular flexibility index (Phi) is 120. The number of rotatable bonds is 38. The van der Waals surface area contributed by atoms with Gasteiger partial charge in [-0.3, -0.25) is 77.1 Å². The van der Waals surface area contributed by atoms with Gasteiger partial charge in [0.05, 0.1) is 75.3 Å². The van der Waals surface area contributed by atoms with Crippen LogP contribution in [0.4, 0.5) is 17.6 Å². The van der Waals surface area contributed by atoms with Crippen LogP contribution in [0.3, 0.4) is 0 Å². The van der Waals surface area contributed by atoms with Crippen molar-refractivity contribution < 1.29 is 200 Å². The molecule has 1 fully saturated rings. The number of aromatic amines is 2. The van der Waals surface area contributed by atoms with Crippen LogP contribution in [0.1, 0.15) is 193 Å². The molecule has 0 saturated carbocycles. The van der Waals surface area contributed by atoms with Crippen molar-refractivity contribution in [2.45, 2.75) is 187 Å². The second kappa shape index (κ2) is 101. The maximum absolute atomic E-state index is 12.6. The first-order chi connectivity index (χ1) is 57.7. The summed E-state index contributed by atoms with van der Waals surface area (Å²) in [6.07, 6.45) is 12.3. The number of esters is 2. The fourth-order valence-corrected chi connectivity index (χ4v) is 8.59. The van der Waals surface area contributed by atoms with E-state index in [0.717, 1.165) is 44.1 Å². The van der Waals surface area contributed by atoms with Crippen molar-refractivity contribution in [3.8, 4) is 0 Å². The number of fused-ring (bicyclic) bond motifs is 2. The Bertz CT molecular complexity index is 4230. The minimum absolute atomic E-state index is 0. The van der Waals surface area contributed by atoms with Crippen molar-refractivity contribution >= 4 is 199 Å². The fraction of sp³-hybridized carbons (Fsp3) is 0.449. The third kappa shape index (κ3) is 89.9. The molecule has 1 aliphatic heterocycles. The number of nitrogens with zero attached hydrogens (tertiary/aromatic N) is 6. The van der Waals surface area contributed by atoms with E-state index in [1.807, 2.05) is 0 Å². The number of H-pyrrole nitrogens is 2. The van der Waals surface area contributed by atoms with Crippen molar-refractivity contribution in [2.75, 3.05) is 29.9 Å². The van der Waals surface area contributed by atoms with Crippen LogP contribution < -0.4 is 49.6 Å². The van der Waals surface area contributed by atoms with Gasteiger partial charge in [-0.05, 0) is 113 Å². The van der Waals surface area contributed by atoms with E-state index in [4.69, 9.17) is 128 Å². The van der Waals surface area contributed by atoms with E-state index in [2.05, 4.69) is 79.7 Å². The molecule has 52 nitrogen and oxygen atoms in total. The summed E-state index contributed by atoms with van der Waals surface area (Å²) in [6.45, 7) is 5.15. The van der Waals surface area contributed by atoms with E-state index in [1.165, 1.54) is 12.4 Å². The van der Waals surface area contributed by atoms with Crippen LogP contribution in [0.2, 0.25) is 0 Å². The third-order valence-electron chi connectivity index (χ3n) is 14.3. The largest absolute Gasteiger partial charge is 0.693 e. The molecule has 0 radical (unpaired) electrons. The summed E-state index contributed by atoms with van der Waals surface area (Å²) in [5.41, 5.74) is 19.3. The first-order valence-corrected chi connectivity index (χ1v) is 57.8. The maximum Gasteiger partial charge on any atom is -0.693 e. The van der Waals surface area contributed by atoms with Gasteiger partial charge >= 0.3 is 207 Å². The molecule has 7 rings (SSSR count). The summed E-state index contributed by atoms with van der Waals surface area (Å²) in [6, 6.07) is 11.2. The molecule has 43 N–H and O–H groups in total. The molecule has 1 saturated heterocycles. The number of hydrogen-bond donors (Lipinski definition) is 18. The van der Waals surface area contributed by atoms with Crippen molar-refractivity contribution in [2.24, 2.45) is 5.73 Å². The second-order valence-electron chi connectivity index (χ2n) is 23.7. The minimum atomic E-state index is -1.17. The number of unbranched alkanes of at least 4 members (excludes halogenated alkanes) is 6. The van der Waals surface area contributed by atoms with Crippen LogP contribution in [0.15, 0.2) is 70.5 Å². The van der Waals surface area contributed by atoms with Gasteiger partial charge in [0, 0.05) is 42.6 Å². The number of halogens is 8. The van der Waals surface area contributed by atoms with Gasteiger partial charge in [0.25, 0.3) is 22.9 Å². The number of carboxylic acids is 9. The second-order valence-corrected chi connectivity index (χ2v) is 36.8. The van der Waals surface area contributed by atoms with Gasteiger partial charge in [-0.1, -0.05) is 51.7 Å². The quantitative estimate of drug-likeness (QED) is 0.00972. The van der Waals surface area contributed by atoms with Crippen LogP contribution in [0.25, 0.3) is 71.5 Å². The first kappa shape index (κ1) is 159. The number of carbonyl (C=O) groups is 14. The van der Waals surface area contributed by atoms with Crippen molar-refractivity contribution in [3.05, 3.63) is 159 Å². The smallest absolute Gasteiger partial charge is 0.693 e.